The maximum absolute atomic E-state index is 11.7. The molecule has 4 N–H and O–H groups in total. The first-order chi connectivity index (χ1) is 8.50. The molecule has 1 aromatic carbocycles. The van der Waals surface area contributed by atoms with Crippen molar-refractivity contribution in [2.75, 3.05) is 6.61 Å². The lowest BCUT2D eigenvalue weighted by Gasteiger charge is -2.18. The molecule has 0 fully saturated rings. The second-order valence-electron chi connectivity index (χ2n) is 4.75. The normalized spacial score (nSPS) is 12.3. The van der Waals surface area contributed by atoms with Gasteiger partial charge in [-0.05, 0) is 32.0 Å². The Kier molecular flexibility index (Phi) is 4.57. The minimum absolute atomic E-state index is 0.000825. The monoisotopic (exact) mass is 306 g/mol. The van der Waals surface area contributed by atoms with E-state index >= 15 is 0 Å². The Morgan fingerprint density at radius 1 is 1.42 bits per heavy atom. The van der Waals surface area contributed by atoms with Crippen molar-refractivity contribution < 1.29 is 17.9 Å². The molecule has 1 rings (SSSR count). The number of sulfonamides is 1. The number of carbonyl (C=O) groups excluding carboxylic acids is 1. The summed E-state index contributed by atoms with van der Waals surface area (Å²) in [6.45, 7) is 3.38. The van der Waals surface area contributed by atoms with Crippen LogP contribution in [0.3, 0.4) is 0 Å². The Balaban J connectivity index is 3.00. The van der Waals surface area contributed by atoms with Crippen LogP contribution in [0.4, 0.5) is 0 Å². The highest BCUT2D eigenvalue weighted by atomic mass is 35.5. The first-order valence-electron chi connectivity index (χ1n) is 5.29. The summed E-state index contributed by atoms with van der Waals surface area (Å²) in [5.74, 6) is -0.694. The summed E-state index contributed by atoms with van der Waals surface area (Å²) in [5.41, 5.74) is 5.03. The Labute approximate surface area is 116 Å². The fourth-order valence-corrected chi connectivity index (χ4v) is 2.25. The molecule has 0 saturated heterocycles. The number of hydrogen-bond acceptors (Lipinski definition) is 5. The van der Waals surface area contributed by atoms with Crippen molar-refractivity contribution in [3.8, 4) is 0 Å². The number of primary sulfonamides is 1. The van der Waals surface area contributed by atoms with E-state index in [0.29, 0.717) is 0 Å². The Morgan fingerprint density at radius 3 is 2.47 bits per heavy atom. The van der Waals surface area contributed by atoms with Crippen molar-refractivity contribution >= 4 is 27.6 Å². The van der Waals surface area contributed by atoms with Gasteiger partial charge in [0.2, 0.25) is 10.0 Å². The molecule has 0 aliphatic heterocycles. The molecule has 0 aliphatic carbocycles. The quantitative estimate of drug-likeness (QED) is 0.802. The zero-order chi connectivity index (χ0) is 14.8. The second kappa shape index (κ2) is 5.46. The molecule has 6 nitrogen and oxygen atoms in total. The van der Waals surface area contributed by atoms with Gasteiger partial charge in [0.25, 0.3) is 0 Å². The molecular formula is C11H15ClN2O4S. The van der Waals surface area contributed by atoms with Crippen molar-refractivity contribution in [2.24, 2.45) is 10.9 Å². The van der Waals surface area contributed by atoms with Crippen LogP contribution in [0.5, 0.6) is 0 Å². The fraction of sp³-hybridized carbons (Fsp3) is 0.364. The van der Waals surface area contributed by atoms with Gasteiger partial charge in [-0.25, -0.2) is 18.4 Å². The van der Waals surface area contributed by atoms with E-state index in [4.69, 9.17) is 27.2 Å². The molecule has 0 saturated carbocycles. The molecule has 0 aromatic heterocycles. The highest BCUT2D eigenvalue weighted by molar-refractivity contribution is 7.89. The van der Waals surface area contributed by atoms with Crippen LogP contribution in [0.2, 0.25) is 5.02 Å². The van der Waals surface area contributed by atoms with Gasteiger partial charge >= 0.3 is 5.97 Å². The third kappa shape index (κ3) is 4.79. The highest BCUT2D eigenvalue weighted by Crippen LogP contribution is 2.22. The van der Waals surface area contributed by atoms with Gasteiger partial charge in [-0.15, -0.1) is 0 Å². The predicted octanol–water partition coefficient (Wildman–Crippen LogP) is 0.881. The van der Waals surface area contributed by atoms with E-state index in [1.54, 1.807) is 13.8 Å². The summed E-state index contributed by atoms with van der Waals surface area (Å²) in [5, 5.41) is 4.93. The van der Waals surface area contributed by atoms with Gasteiger partial charge in [-0.1, -0.05) is 11.6 Å². The second-order valence-corrected chi connectivity index (χ2v) is 6.69. The van der Waals surface area contributed by atoms with Crippen LogP contribution >= 0.6 is 11.6 Å². The average molecular weight is 307 g/mol. The molecule has 8 heteroatoms. The van der Waals surface area contributed by atoms with Crippen LogP contribution < -0.4 is 10.9 Å². The number of esters is 1. The lowest BCUT2D eigenvalue weighted by Crippen LogP contribution is -2.38. The standard InChI is InChI=1S/C11H15ClN2O4S/c1-11(2,13)6-18-10(15)7-3-4-8(12)9(5-7)19(14,16)17/h3-5H,6,13H2,1-2H3,(H2,14,16,17). The molecule has 0 radical (unpaired) electrons. The average Bonchev–Trinajstić information content (AvgIpc) is 2.24. The summed E-state index contributed by atoms with van der Waals surface area (Å²) in [7, 11) is -4.00. The van der Waals surface area contributed by atoms with Gasteiger partial charge in [0.05, 0.1) is 10.6 Å². The number of rotatable bonds is 4. The molecule has 0 spiro atoms. The SMILES string of the molecule is CC(C)(N)COC(=O)c1ccc(Cl)c(S(N)(=O)=O)c1. The molecule has 1 aromatic rings. The van der Waals surface area contributed by atoms with E-state index < -0.39 is 21.5 Å². The maximum Gasteiger partial charge on any atom is 0.338 e. The summed E-state index contributed by atoms with van der Waals surface area (Å²) < 4.78 is 27.5. The van der Waals surface area contributed by atoms with Gasteiger partial charge < -0.3 is 10.5 Å². The van der Waals surface area contributed by atoms with Gasteiger partial charge in [0.15, 0.2) is 0 Å². The third-order valence-corrected chi connectivity index (χ3v) is 3.44. The smallest absolute Gasteiger partial charge is 0.338 e. The van der Waals surface area contributed by atoms with E-state index in [2.05, 4.69) is 0 Å². The molecule has 0 aliphatic rings. The molecule has 0 heterocycles. The van der Waals surface area contributed by atoms with Crippen LogP contribution in [0, 0.1) is 0 Å². The first kappa shape index (κ1) is 15.9. The molecule has 0 amide bonds. The zero-order valence-electron chi connectivity index (χ0n) is 10.5. The van der Waals surface area contributed by atoms with Crippen LogP contribution in [0.1, 0.15) is 24.2 Å². The number of carbonyl (C=O) groups is 1. The summed E-state index contributed by atoms with van der Waals surface area (Å²) in [4.78, 5) is 11.4. The highest BCUT2D eigenvalue weighted by Gasteiger charge is 2.19. The number of hydrogen-bond donors (Lipinski definition) is 2. The first-order valence-corrected chi connectivity index (χ1v) is 7.21. The number of halogens is 1. The molecule has 0 unspecified atom stereocenters. The zero-order valence-corrected chi connectivity index (χ0v) is 12.1. The molecule has 19 heavy (non-hydrogen) atoms. The summed E-state index contributed by atoms with van der Waals surface area (Å²) in [6, 6.07) is 3.69. The minimum atomic E-state index is -4.00. The lowest BCUT2D eigenvalue weighted by molar-refractivity contribution is 0.0433. The Hall–Kier alpha value is -1.15. The van der Waals surface area contributed by atoms with E-state index in [1.165, 1.54) is 12.1 Å². The molecule has 0 bridgehead atoms. The largest absolute Gasteiger partial charge is 0.460 e. The van der Waals surface area contributed by atoms with Gasteiger partial charge in [0, 0.05) is 5.54 Å². The summed E-state index contributed by atoms with van der Waals surface area (Å²) >= 11 is 5.70. The number of benzene rings is 1. The molecular weight excluding hydrogens is 292 g/mol. The van der Waals surface area contributed by atoms with Crippen molar-refractivity contribution in [3.05, 3.63) is 28.8 Å². The number of nitrogens with two attached hydrogens (primary N) is 2. The third-order valence-electron chi connectivity index (χ3n) is 2.05. The van der Waals surface area contributed by atoms with E-state index in [-0.39, 0.29) is 22.1 Å². The van der Waals surface area contributed by atoms with Crippen LogP contribution in [0.25, 0.3) is 0 Å². The Morgan fingerprint density at radius 2 is 2.00 bits per heavy atom. The van der Waals surface area contributed by atoms with Crippen molar-refractivity contribution in [1.29, 1.82) is 0 Å². The van der Waals surface area contributed by atoms with Crippen LogP contribution in [-0.4, -0.2) is 26.5 Å². The molecule has 0 atom stereocenters. The number of ether oxygens (including phenoxy) is 1. The van der Waals surface area contributed by atoms with Crippen molar-refractivity contribution in [3.63, 3.8) is 0 Å². The Bertz CT molecular complexity index is 593. The van der Waals surface area contributed by atoms with Gasteiger partial charge in [0.1, 0.15) is 11.5 Å². The lowest BCUT2D eigenvalue weighted by atomic mass is 10.1. The van der Waals surface area contributed by atoms with E-state index in [9.17, 15) is 13.2 Å². The predicted molar refractivity (Wildman–Crippen MR) is 71.4 cm³/mol. The minimum Gasteiger partial charge on any atom is -0.460 e. The van der Waals surface area contributed by atoms with Gasteiger partial charge in [-0.3, -0.25) is 0 Å². The molecule has 106 valence electrons. The maximum atomic E-state index is 11.7. The van der Waals surface area contributed by atoms with E-state index in [1.807, 2.05) is 0 Å². The summed E-state index contributed by atoms with van der Waals surface area (Å²) in [6.07, 6.45) is 0. The van der Waals surface area contributed by atoms with Gasteiger partial charge in [-0.2, -0.15) is 0 Å². The van der Waals surface area contributed by atoms with E-state index in [0.717, 1.165) is 6.07 Å². The van der Waals surface area contributed by atoms with Crippen molar-refractivity contribution in [1.82, 2.24) is 0 Å². The topological polar surface area (TPSA) is 112 Å². The van der Waals surface area contributed by atoms with Crippen LogP contribution in [0.15, 0.2) is 23.1 Å². The van der Waals surface area contributed by atoms with Crippen molar-refractivity contribution in [2.45, 2.75) is 24.3 Å². The fourth-order valence-electron chi connectivity index (χ4n) is 1.18. The van der Waals surface area contributed by atoms with Crippen LogP contribution in [-0.2, 0) is 14.8 Å².